The number of esters is 1. The van der Waals surface area contributed by atoms with E-state index in [0.717, 1.165) is 0 Å². The largest absolute Gasteiger partial charge is 0.465 e. The van der Waals surface area contributed by atoms with Gasteiger partial charge in [0.2, 0.25) is 0 Å². The number of carbonyl (C=O) groups excluding carboxylic acids is 1. The first-order valence-electron chi connectivity index (χ1n) is 5.09. The van der Waals surface area contributed by atoms with Crippen LogP contribution in [-0.2, 0) is 9.53 Å². The molecule has 0 spiro atoms. The maximum atomic E-state index is 11.7. The number of nitrogens with one attached hydrogen (secondary N) is 1. The second-order valence-corrected chi connectivity index (χ2v) is 3.89. The number of carbonyl (C=O) groups is 1. The van der Waals surface area contributed by atoms with Gasteiger partial charge in [-0.3, -0.25) is 5.32 Å². The monoisotopic (exact) mass is 255 g/mol. The lowest BCUT2D eigenvalue weighted by atomic mass is 10.3. The van der Waals surface area contributed by atoms with E-state index >= 15 is 0 Å². The number of azide groups is 1. The molecule has 1 atom stereocenters. The molecule has 0 fully saturated rings. The van der Waals surface area contributed by atoms with Crippen molar-refractivity contribution < 1.29 is 9.53 Å². The highest BCUT2D eigenvalue weighted by atomic mass is 32.1. The summed E-state index contributed by atoms with van der Waals surface area (Å²) >= 11 is 1.37. The molecule has 0 radical (unpaired) electrons. The Morgan fingerprint density at radius 2 is 2.65 bits per heavy atom. The van der Waals surface area contributed by atoms with E-state index in [4.69, 9.17) is 10.3 Å². The topological polar surface area (TPSA) is 100.0 Å². The summed E-state index contributed by atoms with van der Waals surface area (Å²) in [5.41, 5.74) is 8.14. The van der Waals surface area contributed by atoms with Crippen LogP contribution in [-0.4, -0.2) is 30.6 Å². The van der Waals surface area contributed by atoms with Crippen molar-refractivity contribution in [3.8, 4) is 0 Å². The fourth-order valence-electron chi connectivity index (χ4n) is 1.18. The summed E-state index contributed by atoms with van der Waals surface area (Å²) < 4.78 is 4.95. The Labute approximate surface area is 102 Å². The molecule has 92 valence electrons. The predicted octanol–water partition coefficient (Wildman–Crippen LogP) is 1.65. The van der Waals surface area contributed by atoms with Crippen LogP contribution in [0.4, 0.5) is 0 Å². The first-order valence-corrected chi connectivity index (χ1v) is 5.97. The molecule has 7 nitrogen and oxygen atoms in total. The van der Waals surface area contributed by atoms with E-state index in [9.17, 15) is 4.79 Å². The van der Waals surface area contributed by atoms with Crippen LogP contribution in [0.5, 0.6) is 0 Å². The number of hydrogen-bond donors (Lipinski definition) is 1. The first kappa shape index (κ1) is 13.4. The van der Waals surface area contributed by atoms with Gasteiger partial charge in [0, 0.05) is 29.6 Å². The minimum Gasteiger partial charge on any atom is -0.465 e. The molecule has 1 aromatic heterocycles. The molecular formula is C9H13N5O2S. The van der Waals surface area contributed by atoms with Crippen molar-refractivity contribution in [2.24, 2.45) is 5.11 Å². The van der Waals surface area contributed by atoms with Gasteiger partial charge < -0.3 is 4.74 Å². The Kier molecular flexibility index (Phi) is 6.02. The van der Waals surface area contributed by atoms with Crippen molar-refractivity contribution in [3.05, 3.63) is 27.0 Å². The lowest BCUT2D eigenvalue weighted by Crippen LogP contribution is -2.31. The van der Waals surface area contributed by atoms with Gasteiger partial charge in [0.25, 0.3) is 0 Å². The summed E-state index contributed by atoms with van der Waals surface area (Å²) in [6, 6.07) is -0.594. The molecule has 0 aromatic carbocycles. The summed E-state index contributed by atoms with van der Waals surface area (Å²) in [6.45, 7) is 2.74. The van der Waals surface area contributed by atoms with Gasteiger partial charge in [0.1, 0.15) is 5.01 Å². The summed E-state index contributed by atoms with van der Waals surface area (Å²) in [7, 11) is 0. The van der Waals surface area contributed by atoms with Crippen LogP contribution >= 0.6 is 11.3 Å². The first-order chi connectivity index (χ1) is 8.29. The van der Waals surface area contributed by atoms with Crippen LogP contribution in [0.1, 0.15) is 18.0 Å². The average molecular weight is 255 g/mol. The summed E-state index contributed by atoms with van der Waals surface area (Å²) in [5, 5.41) is 8.76. The Hall–Kier alpha value is -1.63. The molecule has 0 aliphatic carbocycles. The molecular weight excluding hydrogens is 242 g/mol. The van der Waals surface area contributed by atoms with E-state index in [2.05, 4.69) is 20.3 Å². The average Bonchev–Trinajstić information content (AvgIpc) is 2.83. The van der Waals surface area contributed by atoms with Gasteiger partial charge in [-0.2, -0.15) is 0 Å². The smallest absolute Gasteiger partial charge is 0.330 e. The maximum Gasteiger partial charge on any atom is 0.330 e. The fourth-order valence-corrected chi connectivity index (χ4v) is 1.88. The summed E-state index contributed by atoms with van der Waals surface area (Å²) in [6.07, 6.45) is 1.63. The molecule has 1 unspecified atom stereocenters. The molecule has 1 heterocycles. The molecule has 0 saturated heterocycles. The summed E-state index contributed by atoms with van der Waals surface area (Å²) in [5.74, 6) is -0.372. The van der Waals surface area contributed by atoms with E-state index in [0.29, 0.717) is 18.2 Å². The molecule has 0 aliphatic heterocycles. The van der Waals surface area contributed by atoms with Gasteiger partial charge in [-0.05, 0) is 12.5 Å². The van der Waals surface area contributed by atoms with Crippen molar-refractivity contribution in [3.63, 3.8) is 0 Å². The highest BCUT2D eigenvalue weighted by Gasteiger charge is 2.23. The van der Waals surface area contributed by atoms with Crippen molar-refractivity contribution >= 4 is 17.3 Å². The highest BCUT2D eigenvalue weighted by Crippen LogP contribution is 2.16. The highest BCUT2D eigenvalue weighted by molar-refractivity contribution is 7.09. The van der Waals surface area contributed by atoms with Crippen molar-refractivity contribution in [2.75, 3.05) is 19.7 Å². The molecule has 0 bridgehead atoms. The second-order valence-electron chi connectivity index (χ2n) is 2.96. The SMILES string of the molecule is CCOC(=O)C(NCCN=[N+]=[N-])c1nccs1. The Morgan fingerprint density at radius 1 is 1.82 bits per heavy atom. The van der Waals surface area contributed by atoms with Gasteiger partial charge >= 0.3 is 5.97 Å². The molecule has 1 N–H and O–H groups in total. The van der Waals surface area contributed by atoms with Gasteiger partial charge in [-0.15, -0.1) is 11.3 Å². The third kappa shape index (κ3) is 4.39. The zero-order valence-corrected chi connectivity index (χ0v) is 10.2. The van der Waals surface area contributed by atoms with Crippen LogP contribution < -0.4 is 5.32 Å². The van der Waals surface area contributed by atoms with E-state index in [1.807, 2.05) is 0 Å². The van der Waals surface area contributed by atoms with E-state index in [1.54, 1.807) is 18.5 Å². The minimum atomic E-state index is -0.594. The number of nitrogens with zero attached hydrogens (tertiary/aromatic N) is 4. The zero-order valence-electron chi connectivity index (χ0n) is 9.37. The normalized spacial score (nSPS) is 11.6. The van der Waals surface area contributed by atoms with Gasteiger partial charge in [-0.1, -0.05) is 5.11 Å². The number of hydrogen-bond acceptors (Lipinski definition) is 6. The van der Waals surface area contributed by atoms with Crippen molar-refractivity contribution in [1.29, 1.82) is 0 Å². The summed E-state index contributed by atoms with van der Waals surface area (Å²) in [4.78, 5) is 18.4. The Morgan fingerprint density at radius 3 is 3.24 bits per heavy atom. The van der Waals surface area contributed by atoms with Crippen molar-refractivity contribution in [1.82, 2.24) is 10.3 Å². The van der Waals surface area contributed by atoms with E-state index < -0.39 is 6.04 Å². The second kappa shape index (κ2) is 7.61. The van der Waals surface area contributed by atoms with E-state index in [-0.39, 0.29) is 12.5 Å². The molecule has 8 heteroatoms. The van der Waals surface area contributed by atoms with Crippen LogP contribution in [0, 0.1) is 0 Å². The van der Waals surface area contributed by atoms with Gasteiger partial charge in [-0.25, -0.2) is 9.78 Å². The number of aromatic nitrogens is 1. The third-order valence-corrected chi connectivity index (χ3v) is 2.68. The van der Waals surface area contributed by atoms with Gasteiger partial charge in [0.15, 0.2) is 6.04 Å². The maximum absolute atomic E-state index is 11.7. The lowest BCUT2D eigenvalue weighted by molar-refractivity contribution is -0.145. The quantitative estimate of drug-likeness (QED) is 0.263. The minimum absolute atomic E-state index is 0.276. The Bertz CT molecular complexity index is 388. The Balaban J connectivity index is 2.59. The molecule has 0 amide bonds. The lowest BCUT2D eigenvalue weighted by Gasteiger charge is -2.14. The molecule has 1 rings (SSSR count). The van der Waals surface area contributed by atoms with E-state index in [1.165, 1.54) is 11.3 Å². The van der Waals surface area contributed by atoms with Gasteiger partial charge in [0.05, 0.1) is 6.61 Å². The van der Waals surface area contributed by atoms with Crippen LogP contribution in [0.2, 0.25) is 0 Å². The standard InChI is InChI=1S/C9H13N5O2S/c1-2-16-9(15)7(8-12-5-6-17-8)11-3-4-13-14-10/h5-7,11H,2-4H2,1H3. The molecule has 1 aromatic rings. The molecule has 17 heavy (non-hydrogen) atoms. The number of ether oxygens (including phenoxy) is 1. The number of rotatable bonds is 7. The molecule has 0 saturated carbocycles. The fraction of sp³-hybridized carbons (Fsp3) is 0.556. The van der Waals surface area contributed by atoms with Crippen LogP contribution in [0.25, 0.3) is 10.4 Å². The number of thiazole rings is 1. The molecule has 0 aliphatic rings. The van der Waals surface area contributed by atoms with Crippen molar-refractivity contribution in [2.45, 2.75) is 13.0 Å². The predicted molar refractivity (Wildman–Crippen MR) is 63.5 cm³/mol. The van der Waals surface area contributed by atoms with Crippen LogP contribution in [0.15, 0.2) is 16.7 Å². The zero-order chi connectivity index (χ0) is 12.5. The third-order valence-electron chi connectivity index (χ3n) is 1.84. The van der Waals surface area contributed by atoms with Crippen LogP contribution in [0.3, 0.4) is 0 Å².